The molecule has 2 aromatic carbocycles. The van der Waals surface area contributed by atoms with E-state index in [4.69, 9.17) is 10.2 Å². The molecule has 0 aliphatic carbocycles. The number of hydrogen-bond acceptors (Lipinski definition) is 4. The highest BCUT2D eigenvalue weighted by molar-refractivity contribution is 6.09. The van der Waals surface area contributed by atoms with Crippen LogP contribution < -0.4 is 11.1 Å². The first-order chi connectivity index (χ1) is 13.2. The van der Waals surface area contributed by atoms with E-state index in [9.17, 15) is 14.7 Å². The van der Waals surface area contributed by atoms with Crippen LogP contribution >= 0.6 is 0 Å². The van der Waals surface area contributed by atoms with E-state index in [2.05, 4.69) is 29.6 Å². The van der Waals surface area contributed by atoms with Gasteiger partial charge in [-0.15, -0.1) is 0 Å². The summed E-state index contributed by atoms with van der Waals surface area (Å²) in [4.78, 5) is 24.4. The Balaban J connectivity index is 1.96. The summed E-state index contributed by atoms with van der Waals surface area (Å²) in [6, 6.07) is 14.0. The maximum atomic E-state index is 12.8. The summed E-state index contributed by atoms with van der Waals surface area (Å²) < 4.78 is 5.71. The van der Waals surface area contributed by atoms with Gasteiger partial charge in [-0.1, -0.05) is 35.9 Å². The van der Waals surface area contributed by atoms with Gasteiger partial charge in [-0.3, -0.25) is 9.59 Å². The van der Waals surface area contributed by atoms with Crippen LogP contribution in [0.3, 0.4) is 0 Å². The Morgan fingerprint density at radius 1 is 1.11 bits per heavy atom. The number of primary amides is 1. The fourth-order valence-electron chi connectivity index (χ4n) is 3.09. The predicted octanol–water partition coefficient (Wildman–Crippen LogP) is 2.61. The zero-order valence-corrected chi connectivity index (χ0v) is 16.2. The lowest BCUT2D eigenvalue weighted by atomic mass is 9.99. The average molecular weight is 380 g/mol. The van der Waals surface area contributed by atoms with E-state index >= 15 is 0 Å². The largest absolute Gasteiger partial charge is 0.461 e. The number of rotatable bonds is 6. The van der Waals surface area contributed by atoms with Gasteiger partial charge >= 0.3 is 0 Å². The number of aliphatic hydroxyl groups is 1. The third kappa shape index (κ3) is 3.77. The van der Waals surface area contributed by atoms with Gasteiger partial charge in [-0.25, -0.2) is 0 Å². The molecular weight excluding hydrogens is 356 g/mol. The number of nitrogens with one attached hydrogen (secondary N) is 1. The van der Waals surface area contributed by atoms with E-state index in [1.165, 1.54) is 12.5 Å². The van der Waals surface area contributed by atoms with Crippen molar-refractivity contribution in [3.8, 4) is 0 Å². The van der Waals surface area contributed by atoms with Gasteiger partial charge in [0, 0.05) is 5.39 Å². The molecule has 1 atom stereocenters. The van der Waals surface area contributed by atoms with Crippen molar-refractivity contribution in [3.05, 3.63) is 70.5 Å². The maximum Gasteiger partial charge on any atom is 0.256 e. The van der Waals surface area contributed by atoms with E-state index in [1.807, 2.05) is 25.1 Å². The lowest BCUT2D eigenvalue weighted by molar-refractivity contribution is -0.124. The number of furan rings is 1. The minimum Gasteiger partial charge on any atom is -0.461 e. The molecule has 6 nitrogen and oxygen atoms in total. The molecule has 0 fully saturated rings. The normalized spacial score (nSPS) is 13.3. The molecule has 0 spiro atoms. The zero-order chi connectivity index (χ0) is 20.5. The molecule has 0 aliphatic rings. The first kappa shape index (κ1) is 19.6. The Bertz CT molecular complexity index is 1040. The lowest BCUT2D eigenvalue weighted by Gasteiger charge is -2.24. The predicted molar refractivity (Wildman–Crippen MR) is 107 cm³/mol. The second kappa shape index (κ2) is 7.48. The van der Waals surface area contributed by atoms with Crippen LogP contribution in [0.5, 0.6) is 0 Å². The number of carbonyl (C=O) groups is 2. The molecule has 146 valence electrons. The highest BCUT2D eigenvalue weighted by Gasteiger charge is 2.34. The van der Waals surface area contributed by atoms with Crippen LogP contribution in [0.15, 0.2) is 46.9 Å². The van der Waals surface area contributed by atoms with Crippen molar-refractivity contribution < 1.29 is 19.1 Å². The van der Waals surface area contributed by atoms with E-state index in [-0.39, 0.29) is 0 Å². The van der Waals surface area contributed by atoms with Crippen LogP contribution in [0.2, 0.25) is 0 Å². The van der Waals surface area contributed by atoms with E-state index < -0.39 is 24.0 Å². The van der Waals surface area contributed by atoms with E-state index in [0.717, 1.165) is 17.5 Å². The first-order valence-electron chi connectivity index (χ1n) is 9.04. The number of hydrogen-bond donors (Lipinski definition) is 3. The van der Waals surface area contributed by atoms with Gasteiger partial charge in [0.15, 0.2) is 0 Å². The molecule has 0 saturated heterocycles. The van der Waals surface area contributed by atoms with Crippen molar-refractivity contribution >= 4 is 22.8 Å². The van der Waals surface area contributed by atoms with Crippen LogP contribution in [0.1, 0.15) is 39.7 Å². The minimum atomic E-state index is -1.55. The van der Waals surface area contributed by atoms with Gasteiger partial charge in [-0.05, 0) is 50.5 Å². The molecule has 4 N–H and O–H groups in total. The quantitative estimate of drug-likeness (QED) is 0.611. The fourth-order valence-corrected chi connectivity index (χ4v) is 3.09. The topological polar surface area (TPSA) is 106 Å². The first-order valence-corrected chi connectivity index (χ1v) is 9.04. The molecule has 3 aromatic rings. The summed E-state index contributed by atoms with van der Waals surface area (Å²) in [5.41, 5.74) is 8.08. The molecule has 0 radical (unpaired) electrons. The smallest absolute Gasteiger partial charge is 0.256 e. The van der Waals surface area contributed by atoms with Crippen LogP contribution in [0.25, 0.3) is 11.0 Å². The molecule has 0 bridgehead atoms. The third-order valence-corrected chi connectivity index (χ3v) is 4.93. The molecule has 28 heavy (non-hydrogen) atoms. The number of carbonyl (C=O) groups excluding carboxylic acids is 2. The van der Waals surface area contributed by atoms with Crippen molar-refractivity contribution in [2.24, 2.45) is 5.73 Å². The molecular formula is C22H24N2O4. The number of nitrogens with two attached hydrogens (primary N) is 1. The Kier molecular flexibility index (Phi) is 5.25. The second-order valence-electron chi connectivity index (χ2n) is 7.33. The maximum absolute atomic E-state index is 12.8. The summed E-state index contributed by atoms with van der Waals surface area (Å²) >= 11 is 0. The molecule has 1 heterocycles. The van der Waals surface area contributed by atoms with Crippen molar-refractivity contribution in [1.29, 1.82) is 0 Å². The molecule has 3 rings (SSSR count). The fraction of sp³-hybridized carbons (Fsp3) is 0.273. The Labute approximate surface area is 163 Å². The van der Waals surface area contributed by atoms with Crippen molar-refractivity contribution in [3.63, 3.8) is 0 Å². The summed E-state index contributed by atoms with van der Waals surface area (Å²) in [5, 5.41) is 12.7. The SMILES string of the molecule is Cc1ccc(Cc2ccc3oc(C)c(C(=O)N[C@@](C)(CO)C(N)=O)c3c2)cc1. The van der Waals surface area contributed by atoms with Crippen molar-refractivity contribution in [1.82, 2.24) is 5.32 Å². The monoisotopic (exact) mass is 380 g/mol. The van der Waals surface area contributed by atoms with E-state index in [1.54, 1.807) is 6.92 Å². The molecule has 6 heteroatoms. The number of aliphatic hydroxyl groups excluding tert-OH is 1. The van der Waals surface area contributed by atoms with Crippen LogP contribution in [0.4, 0.5) is 0 Å². The highest BCUT2D eigenvalue weighted by Crippen LogP contribution is 2.28. The minimum absolute atomic E-state index is 0.335. The van der Waals surface area contributed by atoms with Crippen molar-refractivity contribution in [2.45, 2.75) is 32.7 Å². The van der Waals surface area contributed by atoms with Crippen LogP contribution in [-0.2, 0) is 11.2 Å². The van der Waals surface area contributed by atoms with Gasteiger partial charge in [-0.2, -0.15) is 0 Å². The summed E-state index contributed by atoms with van der Waals surface area (Å²) in [5.74, 6) is -0.891. The zero-order valence-electron chi connectivity index (χ0n) is 16.2. The van der Waals surface area contributed by atoms with Gasteiger partial charge in [0.1, 0.15) is 16.9 Å². The van der Waals surface area contributed by atoms with Gasteiger partial charge in [0.25, 0.3) is 5.91 Å². The standard InChI is InChI=1S/C22H24N2O4/c1-13-4-6-15(7-5-13)10-16-8-9-18-17(11-16)19(14(2)28-18)20(26)24-22(3,12-25)21(23)27/h4-9,11,25H,10,12H2,1-3H3,(H2,23,27)(H,24,26)/t22-/m0/s1. The highest BCUT2D eigenvalue weighted by atomic mass is 16.3. The summed E-state index contributed by atoms with van der Waals surface area (Å²) in [6.45, 7) is 4.52. The molecule has 0 aliphatic heterocycles. The molecule has 0 saturated carbocycles. The third-order valence-electron chi connectivity index (χ3n) is 4.93. The van der Waals surface area contributed by atoms with E-state index in [0.29, 0.717) is 22.3 Å². The molecule has 1 aromatic heterocycles. The van der Waals surface area contributed by atoms with Gasteiger partial charge in [0.05, 0.1) is 12.2 Å². The summed E-state index contributed by atoms with van der Waals surface area (Å²) in [6.07, 6.45) is 0.719. The van der Waals surface area contributed by atoms with Crippen LogP contribution in [0, 0.1) is 13.8 Å². The lowest BCUT2D eigenvalue weighted by Crippen LogP contribution is -2.57. The summed E-state index contributed by atoms with van der Waals surface area (Å²) in [7, 11) is 0. The number of fused-ring (bicyclic) bond motifs is 1. The number of aryl methyl sites for hydroxylation is 2. The Hall–Kier alpha value is -3.12. The average Bonchev–Trinajstić information content (AvgIpc) is 2.98. The van der Waals surface area contributed by atoms with Gasteiger partial charge < -0.3 is 20.6 Å². The van der Waals surface area contributed by atoms with Crippen LogP contribution in [-0.4, -0.2) is 29.1 Å². The van der Waals surface area contributed by atoms with Crippen molar-refractivity contribution in [2.75, 3.05) is 6.61 Å². The second-order valence-corrected chi connectivity index (χ2v) is 7.33. The number of benzene rings is 2. The Morgan fingerprint density at radius 2 is 1.75 bits per heavy atom. The van der Waals surface area contributed by atoms with Gasteiger partial charge in [0.2, 0.25) is 5.91 Å². The number of amides is 2. The Morgan fingerprint density at radius 3 is 2.36 bits per heavy atom. The molecule has 0 unspecified atom stereocenters. The molecule has 2 amide bonds.